The first-order valence-electron chi connectivity index (χ1n) is 15.4. The van der Waals surface area contributed by atoms with E-state index in [9.17, 15) is 0 Å². The molecule has 0 aromatic heterocycles. The quantitative estimate of drug-likeness (QED) is 0.120. The Morgan fingerprint density at radius 1 is 0.558 bits per heavy atom. The van der Waals surface area contributed by atoms with Gasteiger partial charge in [0.05, 0.1) is 0 Å². The number of aryl methyl sites for hydroxylation is 2. The van der Waals surface area contributed by atoms with Crippen molar-refractivity contribution < 1.29 is 26.2 Å². The molecule has 0 saturated heterocycles. The van der Waals surface area contributed by atoms with Crippen molar-refractivity contribution in [3.05, 3.63) is 115 Å². The first-order chi connectivity index (χ1) is 18.9. The van der Waals surface area contributed by atoms with E-state index in [1.165, 1.54) is 60.1 Å². The fourth-order valence-electron chi connectivity index (χ4n) is 7.28. The number of fused-ring (bicyclic) bond motifs is 2. The van der Waals surface area contributed by atoms with Gasteiger partial charge >= 0.3 is 26.2 Å². The average molecular weight is 666 g/mol. The largest absolute Gasteiger partial charge is 4.00 e. The monoisotopic (exact) mass is 664 g/mol. The van der Waals surface area contributed by atoms with Crippen molar-refractivity contribution in [3.63, 3.8) is 0 Å². The first-order valence-corrected chi connectivity index (χ1v) is 17.9. The predicted molar refractivity (Wildman–Crippen MR) is 195 cm³/mol. The third kappa shape index (κ3) is 6.26. The summed E-state index contributed by atoms with van der Waals surface area (Å²) in [5.74, 6) is 1.97. The van der Waals surface area contributed by atoms with E-state index in [-0.39, 0.29) is 41.1 Å². The van der Waals surface area contributed by atoms with E-state index >= 15 is 0 Å². The van der Waals surface area contributed by atoms with Crippen LogP contribution in [0.3, 0.4) is 0 Å². The summed E-state index contributed by atoms with van der Waals surface area (Å²) < 4.78 is 0. The maximum Gasteiger partial charge on any atom is 4.00 e. The predicted octanol–water partition coefficient (Wildman–Crippen LogP) is 10.5. The van der Waals surface area contributed by atoms with Crippen LogP contribution in [0.2, 0.25) is 6.55 Å². The molecule has 43 heavy (non-hydrogen) atoms. The topological polar surface area (TPSA) is 0 Å². The van der Waals surface area contributed by atoms with Gasteiger partial charge in [-0.3, -0.25) is 0 Å². The smallest absolute Gasteiger partial charge is 0.358 e. The fraction of sp³-hybridized carbons (Fsp3) is 0.366. The standard InChI is InChI=1S/C39H48Si.2CH3.Zr/c1-23(2)29-19-31-17-27(9)38(36(31)34(21-29)25(5)6)40(11,33-15-13-12-14-16-33)39-28(10)18-32-20-30(24(3)4)22-35(26(7)8)37(32)39;;;/h12-26H,1-11H3;2*1H3;/q-2;2*-1;+4. The molecule has 5 aromatic rings. The maximum atomic E-state index is 2.65. The molecule has 0 radical (unpaired) electrons. The van der Waals surface area contributed by atoms with E-state index in [1.54, 1.807) is 10.4 Å². The zero-order valence-electron chi connectivity index (χ0n) is 29.2. The third-order valence-electron chi connectivity index (χ3n) is 9.40. The van der Waals surface area contributed by atoms with Crippen molar-refractivity contribution in [1.82, 2.24) is 0 Å². The minimum Gasteiger partial charge on any atom is -0.358 e. The van der Waals surface area contributed by atoms with Crippen LogP contribution in [0.25, 0.3) is 21.5 Å². The van der Waals surface area contributed by atoms with E-state index in [4.69, 9.17) is 0 Å². The van der Waals surface area contributed by atoms with E-state index in [1.807, 2.05) is 0 Å². The summed E-state index contributed by atoms with van der Waals surface area (Å²) in [6.07, 6.45) is 0. The van der Waals surface area contributed by atoms with Crippen molar-refractivity contribution in [1.29, 1.82) is 0 Å². The van der Waals surface area contributed by atoms with E-state index in [2.05, 4.69) is 143 Å². The number of hydrogen-bond acceptors (Lipinski definition) is 0. The van der Waals surface area contributed by atoms with Gasteiger partial charge in [-0.15, -0.1) is 56.9 Å². The second-order valence-corrected chi connectivity index (χ2v) is 17.5. The second-order valence-electron chi connectivity index (χ2n) is 13.7. The molecule has 0 bridgehead atoms. The van der Waals surface area contributed by atoms with E-state index in [0.29, 0.717) is 23.7 Å². The molecule has 2 heteroatoms. The molecule has 0 N–H and O–H groups in total. The molecule has 0 heterocycles. The van der Waals surface area contributed by atoms with Crippen LogP contribution < -0.4 is 15.6 Å². The minimum absolute atomic E-state index is 0. The molecule has 0 amide bonds. The van der Waals surface area contributed by atoms with Gasteiger partial charge in [-0.2, -0.15) is 10.4 Å². The molecule has 0 spiro atoms. The Morgan fingerprint density at radius 3 is 1.26 bits per heavy atom. The molecular weight excluding hydrogens is 612 g/mol. The van der Waals surface area contributed by atoms with Crippen LogP contribution in [0.4, 0.5) is 0 Å². The molecule has 0 aliphatic heterocycles. The zero-order chi connectivity index (χ0) is 29.1. The van der Waals surface area contributed by atoms with Gasteiger partial charge in [-0.25, -0.2) is 0 Å². The number of rotatable bonds is 7. The zero-order valence-corrected chi connectivity index (χ0v) is 32.6. The van der Waals surface area contributed by atoms with Crippen LogP contribution >= 0.6 is 0 Å². The Kier molecular flexibility index (Phi) is 12.1. The molecule has 0 atom stereocenters. The van der Waals surface area contributed by atoms with Gasteiger partial charge in [0.1, 0.15) is 0 Å². The maximum absolute atomic E-state index is 2.65. The minimum atomic E-state index is -2.43. The second kappa shape index (κ2) is 14.0. The van der Waals surface area contributed by atoms with Crippen LogP contribution in [-0.4, -0.2) is 8.07 Å². The molecule has 0 aliphatic rings. The number of hydrogen-bond donors (Lipinski definition) is 0. The molecule has 226 valence electrons. The Hall–Kier alpha value is -2.02. The van der Waals surface area contributed by atoms with Gasteiger partial charge in [0.25, 0.3) is 0 Å². The number of benzene rings is 3. The third-order valence-corrected chi connectivity index (χ3v) is 14.2. The SMILES string of the molecule is Cc1[cH-]c2cc(C(C)C)cc(C(C)C)c2c1[Si](C)(c1ccccc1)c1c(C)[cH-]c2cc(C(C)C)cc(C(C)C)c12.[CH3-].[CH3-].[Zr+4]. The summed E-state index contributed by atoms with van der Waals surface area (Å²) in [5.41, 5.74) is 8.84. The Labute approximate surface area is 284 Å². The van der Waals surface area contributed by atoms with Crippen LogP contribution in [0.15, 0.2) is 66.7 Å². The van der Waals surface area contributed by atoms with Crippen molar-refractivity contribution in [2.24, 2.45) is 0 Å². The summed E-state index contributed by atoms with van der Waals surface area (Å²) in [6.45, 7) is 26.2. The van der Waals surface area contributed by atoms with Crippen LogP contribution in [0.1, 0.15) is 112 Å². The summed E-state index contributed by atoms with van der Waals surface area (Å²) >= 11 is 0. The van der Waals surface area contributed by atoms with Gasteiger partial charge in [0.15, 0.2) is 0 Å². The normalized spacial score (nSPS) is 11.9. The van der Waals surface area contributed by atoms with Crippen LogP contribution in [-0.2, 0) is 26.2 Å². The molecular formula is C41H54SiZr. The van der Waals surface area contributed by atoms with Crippen LogP contribution in [0.5, 0.6) is 0 Å². The fourth-order valence-corrected chi connectivity index (χ4v) is 12.3. The molecule has 5 rings (SSSR count). The summed E-state index contributed by atoms with van der Waals surface area (Å²) in [7, 11) is -2.43. The Bertz CT molecular complexity index is 1570. The summed E-state index contributed by atoms with van der Waals surface area (Å²) in [5, 5.41) is 10.6. The van der Waals surface area contributed by atoms with Gasteiger partial charge in [0, 0.05) is 8.07 Å². The van der Waals surface area contributed by atoms with Gasteiger partial charge in [0.2, 0.25) is 0 Å². The molecule has 0 saturated carbocycles. The van der Waals surface area contributed by atoms with Gasteiger partial charge < -0.3 is 14.9 Å². The van der Waals surface area contributed by atoms with Crippen LogP contribution in [0, 0.1) is 28.7 Å². The molecule has 0 nitrogen and oxygen atoms in total. The van der Waals surface area contributed by atoms with Gasteiger partial charge in [-0.05, 0) is 23.7 Å². The van der Waals surface area contributed by atoms with Crippen molar-refractivity contribution in [2.45, 2.75) is 99.5 Å². The Balaban J connectivity index is 0.00000215. The van der Waals surface area contributed by atoms with E-state index < -0.39 is 8.07 Å². The van der Waals surface area contributed by atoms with Crippen molar-refractivity contribution >= 4 is 45.2 Å². The molecule has 5 aromatic carbocycles. The van der Waals surface area contributed by atoms with Crippen molar-refractivity contribution in [2.75, 3.05) is 0 Å². The average Bonchev–Trinajstić information content (AvgIpc) is 3.42. The first kappa shape index (κ1) is 37.2. The summed E-state index contributed by atoms with van der Waals surface area (Å²) in [4.78, 5) is 0. The Morgan fingerprint density at radius 2 is 0.930 bits per heavy atom. The van der Waals surface area contributed by atoms with E-state index in [0.717, 1.165) is 0 Å². The van der Waals surface area contributed by atoms with Gasteiger partial charge in [-0.1, -0.05) is 146 Å². The molecule has 0 unspecified atom stereocenters. The molecule has 0 fully saturated rings. The summed E-state index contributed by atoms with van der Waals surface area (Å²) in [6, 6.07) is 26.5. The van der Waals surface area contributed by atoms with Crippen molar-refractivity contribution in [3.8, 4) is 0 Å². The molecule has 0 aliphatic carbocycles.